The molecule has 2 aromatic carbocycles. The summed E-state index contributed by atoms with van der Waals surface area (Å²) in [5.74, 6) is -0.169. The van der Waals surface area contributed by atoms with E-state index in [9.17, 15) is 9.90 Å². The van der Waals surface area contributed by atoms with Gasteiger partial charge in [0, 0.05) is 24.1 Å². The summed E-state index contributed by atoms with van der Waals surface area (Å²) in [6.45, 7) is 1.83. The highest BCUT2D eigenvalue weighted by atomic mass is 16.3. The van der Waals surface area contributed by atoms with Crippen molar-refractivity contribution < 1.29 is 9.90 Å². The van der Waals surface area contributed by atoms with Crippen LogP contribution < -0.4 is 0 Å². The second-order valence-corrected chi connectivity index (χ2v) is 5.89. The van der Waals surface area contributed by atoms with E-state index >= 15 is 0 Å². The Bertz CT molecular complexity index is 713. The van der Waals surface area contributed by atoms with Gasteiger partial charge in [0.05, 0.1) is 0 Å². The molecule has 0 saturated heterocycles. The third-order valence-corrected chi connectivity index (χ3v) is 4.07. The molecule has 0 fully saturated rings. The van der Waals surface area contributed by atoms with Crippen molar-refractivity contribution in [2.75, 3.05) is 0 Å². The minimum absolute atomic E-state index is 0.169. The molecule has 2 aromatic rings. The molecule has 0 aromatic heterocycles. The van der Waals surface area contributed by atoms with Crippen molar-refractivity contribution in [3.8, 4) is 0 Å². The van der Waals surface area contributed by atoms with Gasteiger partial charge in [-0.1, -0.05) is 60.7 Å². The maximum absolute atomic E-state index is 12.6. The largest absolute Gasteiger partial charge is 0.365 e. The lowest BCUT2D eigenvalue weighted by atomic mass is 9.97. The molecule has 0 aliphatic carbocycles. The van der Waals surface area contributed by atoms with E-state index in [4.69, 9.17) is 0 Å². The van der Waals surface area contributed by atoms with Crippen molar-refractivity contribution in [1.82, 2.24) is 5.01 Å². The quantitative estimate of drug-likeness (QED) is 0.943. The fraction of sp³-hybridized carbons (Fsp3) is 0.263. The van der Waals surface area contributed by atoms with Gasteiger partial charge in [-0.2, -0.15) is 10.1 Å². The first kappa shape index (κ1) is 15.4. The molecule has 0 spiro atoms. The number of carbonyl (C=O) groups excluding carboxylic acids is 1. The van der Waals surface area contributed by atoms with Crippen LogP contribution in [-0.2, 0) is 16.9 Å². The number of rotatable bonds is 4. The van der Waals surface area contributed by atoms with Crippen LogP contribution in [0, 0.1) is 0 Å². The first-order valence-electron chi connectivity index (χ1n) is 7.78. The average Bonchev–Trinajstić information content (AvgIpc) is 2.90. The van der Waals surface area contributed by atoms with Crippen molar-refractivity contribution in [2.24, 2.45) is 5.10 Å². The Morgan fingerprint density at radius 3 is 2.39 bits per heavy atom. The van der Waals surface area contributed by atoms with Gasteiger partial charge in [-0.15, -0.1) is 0 Å². The van der Waals surface area contributed by atoms with E-state index in [1.165, 1.54) is 5.01 Å². The molecule has 118 valence electrons. The third-order valence-electron chi connectivity index (χ3n) is 4.07. The molecule has 1 heterocycles. The van der Waals surface area contributed by atoms with Gasteiger partial charge < -0.3 is 5.11 Å². The van der Waals surface area contributed by atoms with E-state index in [0.717, 1.165) is 11.3 Å². The van der Waals surface area contributed by atoms with Gasteiger partial charge in [-0.05, 0) is 18.9 Å². The Balaban J connectivity index is 1.77. The summed E-state index contributed by atoms with van der Waals surface area (Å²) in [7, 11) is 0. The number of hydrazone groups is 1. The second-order valence-electron chi connectivity index (χ2n) is 5.89. The van der Waals surface area contributed by atoms with Crippen LogP contribution in [0.1, 0.15) is 30.9 Å². The molecule has 0 bridgehead atoms. The topological polar surface area (TPSA) is 52.9 Å². The molecule has 4 nitrogen and oxygen atoms in total. The number of aliphatic hydroxyl groups is 1. The minimum atomic E-state index is -1.38. The van der Waals surface area contributed by atoms with Crippen LogP contribution >= 0.6 is 0 Å². The lowest BCUT2D eigenvalue weighted by Crippen LogP contribution is -2.43. The van der Waals surface area contributed by atoms with Gasteiger partial charge >= 0.3 is 0 Å². The first-order valence-corrected chi connectivity index (χ1v) is 7.78. The summed E-state index contributed by atoms with van der Waals surface area (Å²) in [6.07, 6.45) is 1.29. The second kappa shape index (κ2) is 6.34. The minimum Gasteiger partial charge on any atom is -0.365 e. The highest BCUT2D eigenvalue weighted by Gasteiger charge is 2.44. The summed E-state index contributed by atoms with van der Waals surface area (Å²) < 4.78 is 0. The summed E-state index contributed by atoms with van der Waals surface area (Å²) in [4.78, 5) is 12.6. The monoisotopic (exact) mass is 308 g/mol. The van der Waals surface area contributed by atoms with Crippen molar-refractivity contribution in [3.63, 3.8) is 0 Å². The Kier molecular flexibility index (Phi) is 4.26. The highest BCUT2D eigenvalue weighted by Crippen LogP contribution is 2.35. The number of hydrogen-bond acceptors (Lipinski definition) is 3. The Morgan fingerprint density at radius 1 is 1.13 bits per heavy atom. The van der Waals surface area contributed by atoms with Crippen molar-refractivity contribution in [3.05, 3.63) is 71.8 Å². The van der Waals surface area contributed by atoms with Crippen LogP contribution in [0.15, 0.2) is 65.8 Å². The smallest absolute Gasteiger partial charge is 0.245 e. The van der Waals surface area contributed by atoms with Crippen LogP contribution in [0.5, 0.6) is 0 Å². The SMILES string of the molecule is CC1=NN(C(=O)CCc2ccccc2)C(O)(c2ccccc2)C1. The molecular formula is C19H20N2O2. The molecule has 1 aliphatic rings. The summed E-state index contributed by atoms with van der Waals surface area (Å²) >= 11 is 0. The number of nitrogens with zero attached hydrogens (tertiary/aromatic N) is 2. The van der Waals surface area contributed by atoms with Crippen molar-refractivity contribution >= 4 is 11.6 Å². The zero-order valence-electron chi connectivity index (χ0n) is 13.1. The maximum atomic E-state index is 12.6. The zero-order chi connectivity index (χ0) is 16.3. The molecular weight excluding hydrogens is 288 g/mol. The Morgan fingerprint density at radius 2 is 1.74 bits per heavy atom. The molecule has 0 saturated carbocycles. The van der Waals surface area contributed by atoms with E-state index < -0.39 is 5.72 Å². The van der Waals surface area contributed by atoms with Crippen molar-refractivity contribution in [1.29, 1.82) is 0 Å². The van der Waals surface area contributed by atoms with Crippen LogP contribution in [0.2, 0.25) is 0 Å². The number of hydrogen-bond donors (Lipinski definition) is 1. The number of amides is 1. The fourth-order valence-corrected chi connectivity index (χ4v) is 2.91. The zero-order valence-corrected chi connectivity index (χ0v) is 13.1. The standard InChI is InChI=1S/C19H20N2O2/c1-15-14-19(23,17-10-6-3-7-11-17)21(20-15)18(22)13-12-16-8-4-2-5-9-16/h2-11,23H,12-14H2,1H3. The lowest BCUT2D eigenvalue weighted by Gasteiger charge is -2.31. The molecule has 4 heteroatoms. The van der Waals surface area contributed by atoms with E-state index in [-0.39, 0.29) is 5.91 Å². The molecule has 1 N–H and O–H groups in total. The van der Waals surface area contributed by atoms with Gasteiger partial charge in [0.25, 0.3) is 0 Å². The lowest BCUT2D eigenvalue weighted by molar-refractivity contribution is -0.157. The molecule has 1 amide bonds. The Hall–Kier alpha value is -2.46. The van der Waals surface area contributed by atoms with Crippen LogP contribution in [0.4, 0.5) is 0 Å². The van der Waals surface area contributed by atoms with E-state index in [1.807, 2.05) is 67.6 Å². The number of benzene rings is 2. The first-order chi connectivity index (χ1) is 11.1. The number of carbonyl (C=O) groups is 1. The third kappa shape index (κ3) is 3.17. The molecule has 1 aliphatic heterocycles. The summed E-state index contributed by atoms with van der Waals surface area (Å²) in [6, 6.07) is 19.1. The van der Waals surface area contributed by atoms with Gasteiger partial charge in [-0.3, -0.25) is 4.79 Å². The summed E-state index contributed by atoms with van der Waals surface area (Å²) in [5, 5.41) is 16.6. The van der Waals surface area contributed by atoms with Crippen LogP contribution in [0.25, 0.3) is 0 Å². The summed E-state index contributed by atoms with van der Waals surface area (Å²) in [5.41, 5.74) is 1.17. The molecule has 1 atom stereocenters. The fourth-order valence-electron chi connectivity index (χ4n) is 2.91. The van der Waals surface area contributed by atoms with E-state index in [1.54, 1.807) is 0 Å². The number of aryl methyl sites for hydroxylation is 1. The van der Waals surface area contributed by atoms with E-state index in [0.29, 0.717) is 24.8 Å². The normalized spacial score (nSPS) is 20.4. The Labute approximate surface area is 136 Å². The maximum Gasteiger partial charge on any atom is 0.245 e. The van der Waals surface area contributed by atoms with Gasteiger partial charge in [-0.25, -0.2) is 0 Å². The molecule has 23 heavy (non-hydrogen) atoms. The van der Waals surface area contributed by atoms with Gasteiger partial charge in [0.2, 0.25) is 5.91 Å². The molecule has 3 rings (SSSR count). The van der Waals surface area contributed by atoms with E-state index in [2.05, 4.69) is 5.10 Å². The predicted molar refractivity (Wildman–Crippen MR) is 89.7 cm³/mol. The molecule has 0 radical (unpaired) electrons. The van der Waals surface area contributed by atoms with Gasteiger partial charge in [0.15, 0.2) is 5.72 Å². The highest BCUT2D eigenvalue weighted by molar-refractivity contribution is 5.89. The van der Waals surface area contributed by atoms with Gasteiger partial charge in [0.1, 0.15) is 0 Å². The average molecular weight is 308 g/mol. The van der Waals surface area contributed by atoms with Crippen molar-refractivity contribution in [2.45, 2.75) is 31.9 Å². The molecule has 1 unspecified atom stereocenters. The van der Waals surface area contributed by atoms with Crippen LogP contribution in [0.3, 0.4) is 0 Å². The predicted octanol–water partition coefficient (Wildman–Crippen LogP) is 3.07. The van der Waals surface area contributed by atoms with Crippen LogP contribution in [-0.4, -0.2) is 21.7 Å².